The van der Waals surface area contributed by atoms with Gasteiger partial charge in [0.15, 0.2) is 0 Å². The monoisotopic (exact) mass is 334 g/mol. The van der Waals surface area contributed by atoms with Crippen molar-refractivity contribution >= 4 is 29.3 Å². The Balaban J connectivity index is 2.00. The maximum absolute atomic E-state index is 12.1. The number of oxazole rings is 1. The minimum atomic E-state index is -0.444. The van der Waals surface area contributed by atoms with E-state index < -0.39 is 5.97 Å². The van der Waals surface area contributed by atoms with Gasteiger partial charge in [0, 0.05) is 5.69 Å². The average Bonchev–Trinajstić information content (AvgIpc) is 2.85. The molecule has 1 heterocycles. The van der Waals surface area contributed by atoms with Gasteiger partial charge in [0.05, 0.1) is 24.1 Å². The number of aryl methyl sites for hydroxylation is 3. The molecule has 0 aliphatic heterocycles. The lowest BCUT2D eigenvalue weighted by Crippen LogP contribution is -2.15. The molecule has 0 saturated heterocycles. The smallest absolute Gasteiger partial charge is 0.337 e. The van der Waals surface area contributed by atoms with Crippen LogP contribution in [0, 0.1) is 20.8 Å². The van der Waals surface area contributed by atoms with E-state index in [1.807, 2.05) is 20.8 Å². The van der Waals surface area contributed by atoms with Crippen molar-refractivity contribution in [2.24, 2.45) is 0 Å². The van der Waals surface area contributed by atoms with Crippen LogP contribution in [0.2, 0.25) is 0 Å². The van der Waals surface area contributed by atoms with Gasteiger partial charge in [0.2, 0.25) is 5.91 Å². The number of nitrogens with one attached hydrogen (secondary N) is 1. The molecule has 122 valence electrons. The first-order chi connectivity index (χ1) is 10.9. The minimum Gasteiger partial charge on any atom is -0.465 e. The van der Waals surface area contributed by atoms with Gasteiger partial charge in [0.1, 0.15) is 5.76 Å². The summed E-state index contributed by atoms with van der Waals surface area (Å²) in [7, 11) is 1.32. The van der Waals surface area contributed by atoms with E-state index in [2.05, 4.69) is 15.0 Å². The predicted molar refractivity (Wildman–Crippen MR) is 87.8 cm³/mol. The van der Waals surface area contributed by atoms with Gasteiger partial charge in [-0.05, 0) is 38.5 Å². The van der Waals surface area contributed by atoms with Crippen molar-refractivity contribution < 1.29 is 18.7 Å². The van der Waals surface area contributed by atoms with Crippen molar-refractivity contribution in [3.63, 3.8) is 0 Å². The molecule has 23 heavy (non-hydrogen) atoms. The second-order valence-electron chi connectivity index (χ2n) is 4.98. The summed E-state index contributed by atoms with van der Waals surface area (Å²) in [5, 5.41) is 3.25. The van der Waals surface area contributed by atoms with E-state index >= 15 is 0 Å². The first kappa shape index (κ1) is 17.1. The number of benzene rings is 1. The summed E-state index contributed by atoms with van der Waals surface area (Å²) in [6.07, 6.45) is 0. The molecule has 0 atom stereocenters. The quantitative estimate of drug-likeness (QED) is 0.668. The summed E-state index contributed by atoms with van der Waals surface area (Å²) >= 11 is 1.22. The number of hydrogen-bond donors (Lipinski definition) is 1. The largest absolute Gasteiger partial charge is 0.465 e. The van der Waals surface area contributed by atoms with Crippen LogP contribution in [0.15, 0.2) is 27.8 Å². The lowest BCUT2D eigenvalue weighted by atomic mass is 10.1. The number of ether oxygens (including phenoxy) is 1. The van der Waals surface area contributed by atoms with Gasteiger partial charge < -0.3 is 14.5 Å². The third-order valence-electron chi connectivity index (χ3n) is 3.27. The third kappa shape index (κ3) is 4.35. The van der Waals surface area contributed by atoms with Gasteiger partial charge in [-0.25, -0.2) is 9.78 Å². The number of esters is 1. The molecule has 2 aromatic rings. The van der Waals surface area contributed by atoms with Crippen LogP contribution < -0.4 is 5.32 Å². The Labute approximate surface area is 138 Å². The average molecular weight is 334 g/mol. The van der Waals surface area contributed by atoms with Crippen molar-refractivity contribution in [1.29, 1.82) is 0 Å². The summed E-state index contributed by atoms with van der Waals surface area (Å²) in [5.41, 5.74) is 2.65. The highest BCUT2D eigenvalue weighted by atomic mass is 32.2. The van der Waals surface area contributed by atoms with E-state index in [1.54, 1.807) is 18.2 Å². The molecule has 0 unspecified atom stereocenters. The van der Waals surface area contributed by atoms with Crippen LogP contribution >= 0.6 is 11.8 Å². The first-order valence-electron chi connectivity index (χ1n) is 6.96. The molecule has 0 bridgehead atoms. The summed E-state index contributed by atoms with van der Waals surface area (Å²) in [4.78, 5) is 27.8. The Morgan fingerprint density at radius 3 is 2.65 bits per heavy atom. The van der Waals surface area contributed by atoms with Crippen molar-refractivity contribution in [2.75, 3.05) is 18.2 Å². The van der Waals surface area contributed by atoms with E-state index in [4.69, 9.17) is 4.42 Å². The summed E-state index contributed by atoms with van der Waals surface area (Å²) in [6.45, 7) is 5.53. The van der Waals surface area contributed by atoms with Crippen molar-refractivity contribution in [3.05, 3.63) is 40.8 Å². The van der Waals surface area contributed by atoms with Gasteiger partial charge in [-0.3, -0.25) is 4.79 Å². The zero-order valence-corrected chi connectivity index (χ0v) is 14.2. The van der Waals surface area contributed by atoms with E-state index in [9.17, 15) is 9.59 Å². The van der Waals surface area contributed by atoms with Crippen LogP contribution in [0.25, 0.3) is 0 Å². The zero-order valence-electron chi connectivity index (χ0n) is 13.4. The highest BCUT2D eigenvalue weighted by Gasteiger charge is 2.12. The Hall–Kier alpha value is -2.28. The highest BCUT2D eigenvalue weighted by Crippen LogP contribution is 2.21. The number of anilines is 1. The standard InChI is InChI=1S/C16H18N2O4S/c1-9-5-6-12(15(20)21-4)7-13(9)18-14(19)8-23-16-17-10(2)11(3)22-16/h5-7H,8H2,1-4H3,(H,18,19). The molecule has 0 saturated carbocycles. The number of nitrogens with zero attached hydrogens (tertiary/aromatic N) is 1. The molecule has 0 aliphatic rings. The van der Waals surface area contributed by atoms with Gasteiger partial charge in [-0.15, -0.1) is 0 Å². The molecule has 0 radical (unpaired) electrons. The lowest BCUT2D eigenvalue weighted by Gasteiger charge is -2.09. The second kappa shape index (κ2) is 7.32. The number of carbonyl (C=O) groups excluding carboxylic acids is 2. The van der Waals surface area contributed by atoms with Crippen molar-refractivity contribution in [2.45, 2.75) is 26.0 Å². The number of thioether (sulfide) groups is 1. The molecule has 0 aliphatic carbocycles. The maximum Gasteiger partial charge on any atom is 0.337 e. The van der Waals surface area contributed by atoms with Gasteiger partial charge in [-0.2, -0.15) is 0 Å². The Morgan fingerprint density at radius 1 is 1.30 bits per heavy atom. The van der Waals surface area contributed by atoms with Crippen LogP contribution in [0.1, 0.15) is 27.4 Å². The van der Waals surface area contributed by atoms with E-state index in [1.165, 1.54) is 18.9 Å². The second-order valence-corrected chi connectivity index (χ2v) is 5.91. The highest BCUT2D eigenvalue weighted by molar-refractivity contribution is 7.99. The fourth-order valence-corrected chi connectivity index (χ4v) is 2.53. The minimum absolute atomic E-state index is 0.168. The predicted octanol–water partition coefficient (Wildman–Crippen LogP) is 3.12. The van der Waals surface area contributed by atoms with Gasteiger partial charge in [-0.1, -0.05) is 17.8 Å². The van der Waals surface area contributed by atoms with Crippen LogP contribution in [0.4, 0.5) is 5.69 Å². The fourth-order valence-electron chi connectivity index (χ4n) is 1.82. The molecule has 1 aromatic carbocycles. The summed E-state index contributed by atoms with van der Waals surface area (Å²) < 4.78 is 10.1. The molecule has 2 rings (SSSR count). The molecule has 0 fully saturated rings. The molecule has 6 nitrogen and oxygen atoms in total. The lowest BCUT2D eigenvalue weighted by molar-refractivity contribution is -0.113. The van der Waals surface area contributed by atoms with Crippen LogP contribution in [0.5, 0.6) is 0 Å². The SMILES string of the molecule is COC(=O)c1ccc(C)c(NC(=O)CSc2nc(C)c(C)o2)c1. The fraction of sp³-hybridized carbons (Fsp3) is 0.312. The van der Waals surface area contributed by atoms with E-state index in [0.29, 0.717) is 16.5 Å². The maximum atomic E-state index is 12.1. The topological polar surface area (TPSA) is 81.4 Å². The zero-order chi connectivity index (χ0) is 17.0. The normalized spacial score (nSPS) is 10.4. The Bertz CT molecular complexity index is 720. The Kier molecular flexibility index (Phi) is 5.44. The number of carbonyl (C=O) groups is 2. The van der Waals surface area contributed by atoms with Crippen LogP contribution in [0.3, 0.4) is 0 Å². The molecule has 7 heteroatoms. The first-order valence-corrected chi connectivity index (χ1v) is 7.95. The molecular formula is C16H18N2O4S. The summed E-state index contributed by atoms with van der Waals surface area (Å²) in [5.74, 6) is 0.269. The van der Waals surface area contributed by atoms with E-state index in [-0.39, 0.29) is 11.7 Å². The van der Waals surface area contributed by atoms with Crippen LogP contribution in [-0.2, 0) is 9.53 Å². The number of aromatic nitrogens is 1. The van der Waals surface area contributed by atoms with Gasteiger partial charge >= 0.3 is 5.97 Å². The number of rotatable bonds is 5. The molecule has 1 aromatic heterocycles. The van der Waals surface area contributed by atoms with Crippen molar-refractivity contribution in [3.8, 4) is 0 Å². The van der Waals surface area contributed by atoms with Gasteiger partial charge in [0.25, 0.3) is 5.22 Å². The molecule has 1 amide bonds. The molecule has 0 spiro atoms. The molecule has 1 N–H and O–H groups in total. The third-order valence-corrected chi connectivity index (χ3v) is 4.10. The van der Waals surface area contributed by atoms with E-state index in [0.717, 1.165) is 17.0 Å². The number of hydrogen-bond acceptors (Lipinski definition) is 6. The summed E-state index contributed by atoms with van der Waals surface area (Å²) in [6, 6.07) is 5.02. The molecular weight excluding hydrogens is 316 g/mol. The van der Waals surface area contributed by atoms with Crippen LogP contribution in [-0.4, -0.2) is 29.7 Å². The number of methoxy groups -OCH3 is 1. The van der Waals surface area contributed by atoms with Crippen molar-refractivity contribution in [1.82, 2.24) is 4.98 Å². The number of amides is 1. The Morgan fingerprint density at radius 2 is 2.04 bits per heavy atom.